The zero-order valence-corrected chi connectivity index (χ0v) is 21.8. The third-order valence-corrected chi connectivity index (χ3v) is 8.03. The number of carbonyl (C=O) groups is 1. The van der Waals surface area contributed by atoms with E-state index in [1.165, 1.54) is 11.3 Å². The monoisotopic (exact) mass is 514 g/mol. The predicted molar refractivity (Wildman–Crippen MR) is 140 cm³/mol. The Morgan fingerprint density at radius 1 is 1.16 bits per heavy atom. The van der Waals surface area contributed by atoms with Crippen molar-refractivity contribution in [1.82, 2.24) is 14.3 Å². The van der Waals surface area contributed by atoms with Crippen molar-refractivity contribution in [2.45, 2.75) is 39.5 Å². The van der Waals surface area contributed by atoms with Crippen molar-refractivity contribution in [3.8, 4) is 11.4 Å². The van der Waals surface area contributed by atoms with Crippen LogP contribution in [0.15, 0.2) is 64.4 Å². The van der Waals surface area contributed by atoms with E-state index in [2.05, 4.69) is 0 Å². The number of fused-ring (bicyclic) bond motifs is 6. The molecule has 2 aromatic carbocycles. The average Bonchev–Trinajstić information content (AvgIpc) is 3.33. The van der Waals surface area contributed by atoms with E-state index in [1.807, 2.05) is 79.2 Å². The highest BCUT2D eigenvalue weighted by Crippen LogP contribution is 2.47. The first-order valence-electron chi connectivity index (χ1n) is 12.2. The van der Waals surface area contributed by atoms with Crippen LogP contribution in [0.4, 0.5) is 0 Å². The molecule has 2 aromatic heterocycles. The molecule has 2 aliphatic rings. The minimum Gasteiger partial charge on any atom is -0.466 e. The molecular formula is C28H26N4O4S. The molecule has 0 saturated heterocycles. The molecule has 2 aliphatic heterocycles. The van der Waals surface area contributed by atoms with Crippen LogP contribution in [0, 0.1) is 19.8 Å². The maximum absolute atomic E-state index is 13.9. The number of benzene rings is 2. The standard InChI is InChI=1S/C28H26N4O4S/c1-5-35-26(34)23-24-19-13-9-10-14-21(19)36-28(23,4)29-27-31(24)25(33)22(37-27)15-20-16(2)30-32(17(20)3)18-11-7-6-8-12-18/h6-15,23-24H,5H2,1-4H3/b22-15+/t23-,24-,28-/m1/s1. The van der Waals surface area contributed by atoms with Gasteiger partial charge in [-0.15, -0.1) is 0 Å². The van der Waals surface area contributed by atoms with E-state index in [0.717, 1.165) is 28.2 Å². The van der Waals surface area contributed by atoms with Crippen molar-refractivity contribution in [3.05, 3.63) is 96.8 Å². The highest BCUT2D eigenvalue weighted by molar-refractivity contribution is 7.07. The molecule has 2 bridgehead atoms. The van der Waals surface area contributed by atoms with Crippen molar-refractivity contribution in [2.75, 3.05) is 6.61 Å². The summed E-state index contributed by atoms with van der Waals surface area (Å²) < 4.78 is 15.7. The van der Waals surface area contributed by atoms with Gasteiger partial charge in [-0.05, 0) is 52.0 Å². The van der Waals surface area contributed by atoms with E-state index in [-0.39, 0.29) is 12.2 Å². The number of rotatable bonds is 4. The van der Waals surface area contributed by atoms with Crippen LogP contribution in [0.1, 0.15) is 42.4 Å². The molecular weight excluding hydrogens is 488 g/mol. The van der Waals surface area contributed by atoms with Crippen LogP contribution in [0.2, 0.25) is 0 Å². The number of carbonyl (C=O) groups excluding carboxylic acids is 1. The van der Waals surface area contributed by atoms with E-state index in [1.54, 1.807) is 18.4 Å². The van der Waals surface area contributed by atoms with Gasteiger partial charge < -0.3 is 9.47 Å². The highest BCUT2D eigenvalue weighted by atomic mass is 32.1. The highest BCUT2D eigenvalue weighted by Gasteiger charge is 2.55. The summed E-state index contributed by atoms with van der Waals surface area (Å²) in [5.74, 6) is -0.609. The van der Waals surface area contributed by atoms with Crippen LogP contribution < -0.4 is 19.6 Å². The first-order valence-corrected chi connectivity index (χ1v) is 13.0. The summed E-state index contributed by atoms with van der Waals surface area (Å²) in [7, 11) is 0. The second kappa shape index (κ2) is 8.55. The van der Waals surface area contributed by atoms with Crippen molar-refractivity contribution < 1.29 is 14.3 Å². The number of hydrogen-bond donors (Lipinski definition) is 0. The lowest BCUT2D eigenvalue weighted by atomic mass is 9.81. The number of thiazole rings is 1. The number of esters is 1. The van der Waals surface area contributed by atoms with Gasteiger partial charge in [0.15, 0.2) is 4.80 Å². The molecule has 0 N–H and O–H groups in total. The molecule has 3 atom stereocenters. The molecule has 37 heavy (non-hydrogen) atoms. The normalized spacial score (nSPS) is 22.0. The van der Waals surface area contributed by atoms with E-state index in [9.17, 15) is 9.59 Å². The molecule has 0 fully saturated rings. The molecule has 0 unspecified atom stereocenters. The summed E-state index contributed by atoms with van der Waals surface area (Å²) in [6, 6.07) is 16.8. The minimum atomic E-state index is -1.19. The number of aryl methyl sites for hydroxylation is 1. The third kappa shape index (κ3) is 3.56. The second-order valence-corrected chi connectivity index (χ2v) is 10.4. The van der Waals surface area contributed by atoms with Crippen molar-refractivity contribution in [1.29, 1.82) is 0 Å². The number of nitrogens with zero attached hydrogens (tertiary/aromatic N) is 4. The fourth-order valence-electron chi connectivity index (χ4n) is 5.35. The topological polar surface area (TPSA) is 87.7 Å². The smallest absolute Gasteiger partial charge is 0.317 e. The molecule has 8 nitrogen and oxygen atoms in total. The molecule has 0 radical (unpaired) electrons. The Labute approximate surface area is 217 Å². The molecule has 0 amide bonds. The summed E-state index contributed by atoms with van der Waals surface area (Å²) in [6.45, 7) is 7.70. The first kappa shape index (κ1) is 23.4. The largest absolute Gasteiger partial charge is 0.466 e. The number of aromatic nitrogens is 3. The van der Waals surface area contributed by atoms with Gasteiger partial charge in [0, 0.05) is 16.8 Å². The van der Waals surface area contributed by atoms with E-state index >= 15 is 0 Å². The summed E-state index contributed by atoms with van der Waals surface area (Å²) in [5.41, 5.74) is 2.96. The summed E-state index contributed by atoms with van der Waals surface area (Å²) >= 11 is 1.30. The molecule has 4 heterocycles. The van der Waals surface area contributed by atoms with Gasteiger partial charge in [-0.25, -0.2) is 9.67 Å². The van der Waals surface area contributed by atoms with Crippen LogP contribution in [0.25, 0.3) is 11.8 Å². The van der Waals surface area contributed by atoms with Gasteiger partial charge in [-0.3, -0.25) is 14.2 Å². The fraction of sp³-hybridized carbons (Fsp3) is 0.286. The lowest BCUT2D eigenvalue weighted by Gasteiger charge is -2.44. The first-order chi connectivity index (χ1) is 17.8. The lowest BCUT2D eigenvalue weighted by molar-refractivity contribution is -0.160. The Morgan fingerprint density at radius 3 is 2.65 bits per heavy atom. The lowest BCUT2D eigenvalue weighted by Crippen LogP contribution is -2.58. The minimum absolute atomic E-state index is 0.201. The maximum Gasteiger partial charge on any atom is 0.317 e. The van der Waals surface area contributed by atoms with Gasteiger partial charge in [0.2, 0.25) is 5.72 Å². The van der Waals surface area contributed by atoms with Gasteiger partial charge >= 0.3 is 5.97 Å². The van der Waals surface area contributed by atoms with Crippen LogP contribution >= 0.6 is 11.3 Å². The van der Waals surface area contributed by atoms with Crippen LogP contribution in [-0.2, 0) is 9.53 Å². The van der Waals surface area contributed by atoms with Crippen molar-refractivity contribution >= 4 is 23.4 Å². The summed E-state index contributed by atoms with van der Waals surface area (Å²) in [4.78, 5) is 32.4. The van der Waals surface area contributed by atoms with E-state index < -0.39 is 23.7 Å². The molecule has 4 aromatic rings. The summed E-state index contributed by atoms with van der Waals surface area (Å²) in [6.07, 6.45) is 1.88. The summed E-state index contributed by atoms with van der Waals surface area (Å²) in [5, 5.41) is 4.71. The van der Waals surface area contributed by atoms with Gasteiger partial charge in [-0.1, -0.05) is 47.7 Å². The molecule has 0 saturated carbocycles. The molecule has 0 aliphatic carbocycles. The number of para-hydroxylation sites is 2. The Hall–Kier alpha value is -3.98. The van der Waals surface area contributed by atoms with Gasteiger partial charge in [0.1, 0.15) is 11.7 Å². The molecule has 6 rings (SSSR count). The molecule has 0 spiro atoms. The molecule has 9 heteroatoms. The van der Waals surface area contributed by atoms with Crippen molar-refractivity contribution in [2.24, 2.45) is 10.9 Å². The van der Waals surface area contributed by atoms with E-state index in [0.29, 0.717) is 15.1 Å². The van der Waals surface area contributed by atoms with Gasteiger partial charge in [0.05, 0.1) is 28.6 Å². The number of hydrogen-bond acceptors (Lipinski definition) is 7. The maximum atomic E-state index is 13.9. The quantitative estimate of drug-likeness (QED) is 0.391. The Kier molecular flexibility index (Phi) is 5.41. The average molecular weight is 515 g/mol. The van der Waals surface area contributed by atoms with E-state index in [4.69, 9.17) is 19.6 Å². The van der Waals surface area contributed by atoms with Crippen LogP contribution in [0.5, 0.6) is 5.75 Å². The number of ether oxygens (including phenoxy) is 2. The van der Waals surface area contributed by atoms with Gasteiger partial charge in [-0.2, -0.15) is 5.10 Å². The Bertz CT molecular complexity index is 1720. The van der Waals surface area contributed by atoms with Crippen molar-refractivity contribution in [3.63, 3.8) is 0 Å². The molecule has 188 valence electrons. The van der Waals surface area contributed by atoms with Crippen LogP contribution in [-0.4, -0.2) is 32.6 Å². The zero-order chi connectivity index (χ0) is 25.9. The third-order valence-electron chi connectivity index (χ3n) is 7.04. The van der Waals surface area contributed by atoms with Gasteiger partial charge in [0.25, 0.3) is 5.56 Å². The fourth-order valence-corrected chi connectivity index (χ4v) is 6.43. The predicted octanol–water partition coefficient (Wildman–Crippen LogP) is 3.05. The Morgan fingerprint density at radius 2 is 1.89 bits per heavy atom. The second-order valence-electron chi connectivity index (χ2n) is 9.38. The zero-order valence-electron chi connectivity index (χ0n) is 21.0. The van der Waals surface area contributed by atoms with Crippen LogP contribution in [0.3, 0.4) is 0 Å². The SMILES string of the molecule is CCOC(=O)[C@H]1[C@H]2c3ccccc3O[C@@]1(C)N=c1s/c(=C/c3c(C)nn(-c4ccccc4)c3C)c(=O)n12. The Balaban J connectivity index is 1.56.